The van der Waals surface area contributed by atoms with E-state index in [4.69, 9.17) is 5.73 Å². The summed E-state index contributed by atoms with van der Waals surface area (Å²) in [5.41, 5.74) is 6.84. The Morgan fingerprint density at radius 3 is 2.84 bits per heavy atom. The summed E-state index contributed by atoms with van der Waals surface area (Å²) in [6, 6.07) is 5.95. The van der Waals surface area contributed by atoms with Crippen LogP contribution in [0.2, 0.25) is 0 Å². The van der Waals surface area contributed by atoms with E-state index in [-0.39, 0.29) is 35.7 Å². The summed E-state index contributed by atoms with van der Waals surface area (Å²) >= 11 is 0. The quantitative estimate of drug-likeness (QED) is 0.586. The van der Waals surface area contributed by atoms with Gasteiger partial charge in [-0.25, -0.2) is 4.68 Å². The molecule has 0 aliphatic heterocycles. The van der Waals surface area contributed by atoms with E-state index in [1.165, 1.54) is 16.8 Å². The summed E-state index contributed by atoms with van der Waals surface area (Å²) in [5, 5.41) is 21.7. The average Bonchev–Trinajstić information content (AvgIpc) is 3.34. The van der Waals surface area contributed by atoms with Crippen molar-refractivity contribution in [2.24, 2.45) is 11.7 Å². The number of nitro groups is 1. The van der Waals surface area contributed by atoms with Crippen molar-refractivity contribution in [1.82, 2.24) is 20.3 Å². The Kier molecular flexibility index (Phi) is 5.70. The third-order valence-electron chi connectivity index (χ3n) is 4.16. The van der Waals surface area contributed by atoms with Gasteiger partial charge >= 0.3 is 0 Å². The van der Waals surface area contributed by atoms with Crippen molar-refractivity contribution in [3.8, 4) is 5.69 Å². The number of nitrogens with two attached hydrogens (primary N) is 1. The number of hydrogen-bond donors (Lipinski definition) is 2. The molecule has 9 nitrogen and oxygen atoms in total. The number of halogens is 1. The molecule has 1 amide bonds. The molecule has 1 fully saturated rings. The molecule has 1 aliphatic carbocycles. The van der Waals surface area contributed by atoms with E-state index in [1.54, 1.807) is 19.1 Å². The topological polar surface area (TPSA) is 129 Å². The van der Waals surface area contributed by atoms with E-state index < -0.39 is 4.92 Å². The minimum atomic E-state index is -0.481. The second kappa shape index (κ2) is 7.58. The van der Waals surface area contributed by atoms with E-state index in [2.05, 4.69) is 15.6 Å². The van der Waals surface area contributed by atoms with Gasteiger partial charge in [0.1, 0.15) is 0 Å². The maximum atomic E-state index is 12.4. The molecule has 134 valence electrons. The number of carbonyl (C=O) groups is 1. The smallest absolute Gasteiger partial charge is 0.274 e. The van der Waals surface area contributed by atoms with Gasteiger partial charge in [-0.15, -0.1) is 17.5 Å². The van der Waals surface area contributed by atoms with Crippen molar-refractivity contribution in [1.29, 1.82) is 0 Å². The minimum absolute atomic E-state index is 0. The van der Waals surface area contributed by atoms with Gasteiger partial charge in [0.25, 0.3) is 11.6 Å². The highest BCUT2D eigenvalue weighted by molar-refractivity contribution is 5.93. The molecule has 1 saturated carbocycles. The van der Waals surface area contributed by atoms with Gasteiger partial charge in [-0.1, -0.05) is 11.3 Å². The highest BCUT2D eigenvalue weighted by atomic mass is 35.5. The van der Waals surface area contributed by atoms with Crippen molar-refractivity contribution in [3.63, 3.8) is 0 Å². The van der Waals surface area contributed by atoms with Crippen LogP contribution >= 0.6 is 12.4 Å². The number of nitrogens with one attached hydrogen (secondary N) is 1. The maximum Gasteiger partial charge on any atom is 0.274 e. The van der Waals surface area contributed by atoms with E-state index in [0.29, 0.717) is 23.8 Å². The van der Waals surface area contributed by atoms with E-state index in [9.17, 15) is 14.9 Å². The first-order valence-electron chi connectivity index (χ1n) is 7.69. The number of rotatable bonds is 6. The fourth-order valence-corrected chi connectivity index (χ4v) is 2.63. The molecular weight excluding hydrogens is 348 g/mol. The van der Waals surface area contributed by atoms with Crippen molar-refractivity contribution in [2.75, 3.05) is 6.54 Å². The van der Waals surface area contributed by atoms with Gasteiger partial charge in [0.15, 0.2) is 5.69 Å². The summed E-state index contributed by atoms with van der Waals surface area (Å²) in [5.74, 6) is 0.109. The van der Waals surface area contributed by atoms with Crippen LogP contribution in [-0.2, 0) is 0 Å². The van der Waals surface area contributed by atoms with Crippen molar-refractivity contribution in [3.05, 3.63) is 45.8 Å². The second-order valence-electron chi connectivity index (χ2n) is 5.87. The number of carbonyl (C=O) groups excluding carboxylic acids is 1. The van der Waals surface area contributed by atoms with Crippen LogP contribution in [-0.4, -0.2) is 38.4 Å². The zero-order chi connectivity index (χ0) is 17.3. The fourth-order valence-electron chi connectivity index (χ4n) is 2.63. The molecule has 1 unspecified atom stereocenters. The second-order valence-corrected chi connectivity index (χ2v) is 5.87. The van der Waals surface area contributed by atoms with Gasteiger partial charge in [-0.2, -0.15) is 0 Å². The Morgan fingerprint density at radius 1 is 1.52 bits per heavy atom. The van der Waals surface area contributed by atoms with Crippen LogP contribution in [0.15, 0.2) is 24.3 Å². The average molecular weight is 367 g/mol. The zero-order valence-electron chi connectivity index (χ0n) is 13.6. The normalized spacial score (nSPS) is 14.5. The van der Waals surface area contributed by atoms with Crippen LogP contribution in [0.1, 0.15) is 29.0 Å². The predicted molar refractivity (Wildman–Crippen MR) is 93.0 cm³/mol. The molecule has 0 spiro atoms. The maximum absolute atomic E-state index is 12.4. The molecule has 0 saturated heterocycles. The van der Waals surface area contributed by atoms with E-state index in [0.717, 1.165) is 12.8 Å². The molecule has 1 aliphatic rings. The summed E-state index contributed by atoms with van der Waals surface area (Å²) in [4.78, 5) is 22.8. The lowest BCUT2D eigenvalue weighted by atomic mass is 10.2. The molecule has 1 heterocycles. The molecule has 3 rings (SSSR count). The number of non-ortho nitro benzene ring substituents is 1. The summed E-state index contributed by atoms with van der Waals surface area (Å²) in [6.45, 7) is 2.08. The van der Waals surface area contributed by atoms with Gasteiger partial charge in [0.05, 0.1) is 16.3 Å². The first kappa shape index (κ1) is 18.8. The first-order valence-corrected chi connectivity index (χ1v) is 7.69. The lowest BCUT2D eigenvalue weighted by Crippen LogP contribution is -2.42. The van der Waals surface area contributed by atoms with E-state index in [1.807, 2.05) is 0 Å². The SMILES string of the molecule is Cc1c(C(=O)NC(CN)C2CC2)nnn1-c1cccc([N+](=O)[O-])c1.Cl. The van der Waals surface area contributed by atoms with Crippen LogP contribution in [0.25, 0.3) is 5.69 Å². The highest BCUT2D eigenvalue weighted by Gasteiger charge is 2.32. The summed E-state index contributed by atoms with van der Waals surface area (Å²) < 4.78 is 1.41. The van der Waals surface area contributed by atoms with E-state index >= 15 is 0 Å². The lowest BCUT2D eigenvalue weighted by Gasteiger charge is -2.15. The zero-order valence-corrected chi connectivity index (χ0v) is 14.4. The number of benzene rings is 1. The van der Waals surface area contributed by atoms with Gasteiger partial charge in [0, 0.05) is 24.7 Å². The van der Waals surface area contributed by atoms with Gasteiger partial charge in [-0.05, 0) is 31.7 Å². The monoisotopic (exact) mass is 366 g/mol. The molecule has 3 N–H and O–H groups in total. The number of nitrogens with zero attached hydrogens (tertiary/aromatic N) is 4. The van der Waals surface area contributed by atoms with Crippen LogP contribution in [0, 0.1) is 23.0 Å². The molecule has 0 bridgehead atoms. The minimum Gasteiger partial charge on any atom is -0.346 e. The molecule has 0 radical (unpaired) electrons. The Labute approximate surface area is 150 Å². The molecule has 2 aromatic rings. The van der Waals surface area contributed by atoms with Gasteiger partial charge < -0.3 is 11.1 Å². The molecule has 25 heavy (non-hydrogen) atoms. The molecular formula is C15H19ClN6O3. The molecule has 1 aromatic heterocycles. The fraction of sp³-hybridized carbons (Fsp3) is 0.400. The largest absolute Gasteiger partial charge is 0.346 e. The van der Waals surface area contributed by atoms with Crippen LogP contribution in [0.4, 0.5) is 5.69 Å². The Hall–Kier alpha value is -2.52. The van der Waals surface area contributed by atoms with Gasteiger partial charge in [0.2, 0.25) is 0 Å². The number of hydrogen-bond acceptors (Lipinski definition) is 6. The van der Waals surface area contributed by atoms with Crippen molar-refractivity contribution < 1.29 is 9.72 Å². The Morgan fingerprint density at radius 2 is 2.24 bits per heavy atom. The van der Waals surface area contributed by atoms with Crippen LogP contribution < -0.4 is 11.1 Å². The summed E-state index contributed by atoms with van der Waals surface area (Å²) in [6.07, 6.45) is 2.14. The van der Waals surface area contributed by atoms with Crippen molar-refractivity contribution >= 4 is 24.0 Å². The Balaban J connectivity index is 0.00000225. The number of amides is 1. The molecule has 1 atom stereocenters. The number of aromatic nitrogens is 3. The molecule has 1 aromatic carbocycles. The third-order valence-corrected chi connectivity index (χ3v) is 4.16. The first-order chi connectivity index (χ1) is 11.5. The summed E-state index contributed by atoms with van der Waals surface area (Å²) in [7, 11) is 0. The third kappa shape index (κ3) is 3.94. The van der Waals surface area contributed by atoms with Crippen LogP contribution in [0.5, 0.6) is 0 Å². The standard InChI is InChI=1S/C15H18N6O3.ClH/c1-9-14(15(22)17-13(8-16)10-5-6-10)18-19-20(9)11-3-2-4-12(7-11)21(23)24;/h2-4,7,10,13H,5-6,8,16H2,1H3,(H,17,22);1H. The van der Waals surface area contributed by atoms with Crippen molar-refractivity contribution in [2.45, 2.75) is 25.8 Å². The van der Waals surface area contributed by atoms with Crippen LogP contribution in [0.3, 0.4) is 0 Å². The predicted octanol–water partition coefficient (Wildman–Crippen LogP) is 1.37. The Bertz CT molecular complexity index is 789. The number of nitro benzene ring substituents is 1. The lowest BCUT2D eigenvalue weighted by molar-refractivity contribution is -0.384. The van der Waals surface area contributed by atoms with Gasteiger partial charge in [-0.3, -0.25) is 14.9 Å². The molecule has 10 heteroatoms. The highest BCUT2D eigenvalue weighted by Crippen LogP contribution is 2.32.